The minimum Gasteiger partial charge on any atom is -0.380 e. The van der Waals surface area contributed by atoms with Crippen LogP contribution in [0.15, 0.2) is 42.6 Å². The highest BCUT2D eigenvalue weighted by Crippen LogP contribution is 2.33. The van der Waals surface area contributed by atoms with Gasteiger partial charge in [-0.25, -0.2) is 13.8 Å². The third kappa shape index (κ3) is 5.87. The van der Waals surface area contributed by atoms with Crippen molar-refractivity contribution in [3.05, 3.63) is 59.3 Å². The predicted molar refractivity (Wildman–Crippen MR) is 142 cm³/mol. The third-order valence-electron chi connectivity index (χ3n) is 6.48. The molecule has 3 aromatic rings. The van der Waals surface area contributed by atoms with Crippen molar-refractivity contribution in [1.29, 1.82) is 0 Å². The predicted octanol–water partition coefficient (Wildman–Crippen LogP) is 4.98. The van der Waals surface area contributed by atoms with E-state index in [-0.39, 0.29) is 5.69 Å². The van der Waals surface area contributed by atoms with Crippen LogP contribution in [0.2, 0.25) is 5.02 Å². The van der Waals surface area contributed by atoms with Crippen molar-refractivity contribution in [2.75, 3.05) is 79.7 Å². The van der Waals surface area contributed by atoms with Gasteiger partial charge >= 0.3 is 0 Å². The van der Waals surface area contributed by atoms with Gasteiger partial charge in [-0.3, -0.25) is 0 Å². The topological polar surface area (TPSA) is 66.0 Å². The Kier molecular flexibility index (Phi) is 7.87. The molecular formula is C26H29ClF2N6O2. The normalized spacial score (nSPS) is 16.4. The summed E-state index contributed by atoms with van der Waals surface area (Å²) in [6.07, 6.45) is 2.55. The number of halogens is 3. The maximum absolute atomic E-state index is 14.6. The second kappa shape index (κ2) is 11.5. The number of benzene rings is 2. The number of ether oxygens (including phenoxy) is 2. The molecule has 196 valence electrons. The van der Waals surface area contributed by atoms with Gasteiger partial charge in [0.1, 0.15) is 16.7 Å². The van der Waals surface area contributed by atoms with Crippen LogP contribution in [0.3, 0.4) is 0 Å². The Morgan fingerprint density at radius 2 is 1.59 bits per heavy atom. The first kappa shape index (κ1) is 25.4. The summed E-state index contributed by atoms with van der Waals surface area (Å²) in [5.74, 6) is -0.884. The summed E-state index contributed by atoms with van der Waals surface area (Å²) < 4.78 is 39.4. The van der Waals surface area contributed by atoms with Gasteiger partial charge in [-0.15, -0.1) is 0 Å². The van der Waals surface area contributed by atoms with E-state index in [1.807, 2.05) is 0 Å². The Morgan fingerprint density at radius 1 is 0.919 bits per heavy atom. The minimum atomic E-state index is -0.846. The summed E-state index contributed by atoms with van der Waals surface area (Å²) in [7, 11) is 1.64. The molecule has 2 aliphatic rings. The van der Waals surface area contributed by atoms with E-state index in [9.17, 15) is 8.78 Å². The molecule has 0 amide bonds. The quantitative estimate of drug-likeness (QED) is 0.448. The molecule has 0 saturated carbocycles. The highest BCUT2D eigenvalue weighted by molar-refractivity contribution is 6.31. The highest BCUT2D eigenvalue weighted by atomic mass is 35.5. The van der Waals surface area contributed by atoms with Crippen LogP contribution in [0.1, 0.15) is 6.42 Å². The molecule has 0 bridgehead atoms. The van der Waals surface area contributed by atoms with Gasteiger partial charge in [-0.1, -0.05) is 11.6 Å². The van der Waals surface area contributed by atoms with Crippen molar-refractivity contribution in [3.63, 3.8) is 0 Å². The lowest BCUT2D eigenvalue weighted by Crippen LogP contribution is -2.36. The highest BCUT2D eigenvalue weighted by Gasteiger charge is 2.19. The number of aromatic nitrogens is 2. The van der Waals surface area contributed by atoms with Crippen LogP contribution in [0.5, 0.6) is 0 Å². The van der Waals surface area contributed by atoms with Crippen molar-refractivity contribution < 1.29 is 18.3 Å². The molecule has 0 unspecified atom stereocenters. The van der Waals surface area contributed by atoms with Crippen molar-refractivity contribution in [3.8, 4) is 0 Å². The second-order valence-corrected chi connectivity index (χ2v) is 9.29. The minimum absolute atomic E-state index is 0.107. The van der Waals surface area contributed by atoms with Crippen LogP contribution in [0.4, 0.5) is 43.3 Å². The summed E-state index contributed by atoms with van der Waals surface area (Å²) in [4.78, 5) is 15.1. The Morgan fingerprint density at radius 3 is 2.32 bits per heavy atom. The van der Waals surface area contributed by atoms with Crippen molar-refractivity contribution >= 4 is 46.1 Å². The van der Waals surface area contributed by atoms with Gasteiger partial charge in [0.2, 0.25) is 5.95 Å². The van der Waals surface area contributed by atoms with E-state index in [1.165, 1.54) is 11.0 Å². The largest absolute Gasteiger partial charge is 0.380 e. The van der Waals surface area contributed by atoms with E-state index in [1.54, 1.807) is 19.3 Å². The molecule has 1 aromatic heterocycles. The lowest BCUT2D eigenvalue weighted by atomic mass is 10.2. The number of morpholine rings is 1. The Labute approximate surface area is 219 Å². The molecule has 0 aliphatic carbocycles. The first-order chi connectivity index (χ1) is 18.0. The van der Waals surface area contributed by atoms with Gasteiger partial charge in [0.05, 0.1) is 25.5 Å². The molecule has 2 fully saturated rings. The third-order valence-corrected chi connectivity index (χ3v) is 6.83. The summed E-state index contributed by atoms with van der Waals surface area (Å²) in [6.45, 7) is 6.18. The maximum atomic E-state index is 14.6. The van der Waals surface area contributed by atoms with Gasteiger partial charge in [0.25, 0.3) is 0 Å². The second-order valence-electron chi connectivity index (χ2n) is 8.91. The van der Waals surface area contributed by atoms with Gasteiger partial charge in [-0.05, 0) is 42.8 Å². The van der Waals surface area contributed by atoms with Crippen LogP contribution in [-0.2, 0) is 9.47 Å². The number of rotatable bonds is 6. The number of nitrogens with zero attached hydrogens (tertiary/aromatic N) is 5. The van der Waals surface area contributed by atoms with E-state index < -0.39 is 16.7 Å². The Bertz CT molecular complexity index is 1240. The average molecular weight is 531 g/mol. The number of nitrogens with one attached hydrogen (secondary N) is 1. The average Bonchev–Trinajstić information content (AvgIpc) is 3.22. The fourth-order valence-electron chi connectivity index (χ4n) is 4.48. The first-order valence-electron chi connectivity index (χ1n) is 12.3. The summed E-state index contributed by atoms with van der Waals surface area (Å²) in [5.41, 5.74) is 3.12. The number of anilines is 6. The van der Waals surface area contributed by atoms with E-state index in [4.69, 9.17) is 21.1 Å². The van der Waals surface area contributed by atoms with Crippen LogP contribution < -0.4 is 20.0 Å². The van der Waals surface area contributed by atoms with Crippen molar-refractivity contribution in [2.24, 2.45) is 0 Å². The molecule has 0 spiro atoms. The van der Waals surface area contributed by atoms with Crippen LogP contribution in [0.25, 0.3) is 0 Å². The smallest absolute Gasteiger partial charge is 0.229 e. The maximum Gasteiger partial charge on any atom is 0.229 e. The molecular weight excluding hydrogens is 502 g/mol. The molecule has 3 heterocycles. The fourth-order valence-corrected chi connectivity index (χ4v) is 4.64. The Balaban J connectivity index is 1.43. The van der Waals surface area contributed by atoms with E-state index >= 15 is 0 Å². The molecule has 1 N–H and O–H groups in total. The van der Waals surface area contributed by atoms with Gasteiger partial charge in [0, 0.05) is 63.1 Å². The lowest BCUT2D eigenvalue weighted by Gasteiger charge is -2.31. The zero-order valence-electron chi connectivity index (χ0n) is 20.6. The zero-order chi connectivity index (χ0) is 25.8. The first-order valence-corrected chi connectivity index (χ1v) is 12.6. The monoisotopic (exact) mass is 530 g/mol. The molecule has 8 nitrogen and oxygen atoms in total. The summed E-state index contributed by atoms with van der Waals surface area (Å²) >= 11 is 5.78. The standard InChI is InChI=1S/C26H29ClF2N6O2/c1-33(22-4-3-21(28)24(27)25(22)29)23-5-6-30-26(32-23)31-18-15-19(34-7-2-11-36-12-8-34)17-20(16-18)35-9-13-37-14-10-35/h3-6,15-17H,2,7-14H2,1H3,(H,30,31,32). The molecule has 37 heavy (non-hydrogen) atoms. The van der Waals surface area contributed by atoms with Gasteiger partial charge < -0.3 is 29.5 Å². The van der Waals surface area contributed by atoms with Crippen LogP contribution in [-0.4, -0.2) is 69.6 Å². The van der Waals surface area contributed by atoms with E-state index in [0.717, 1.165) is 62.3 Å². The van der Waals surface area contributed by atoms with E-state index in [0.29, 0.717) is 31.6 Å². The molecule has 2 aromatic carbocycles. The molecule has 11 heteroatoms. The van der Waals surface area contributed by atoms with Crippen LogP contribution >= 0.6 is 11.6 Å². The zero-order valence-corrected chi connectivity index (χ0v) is 21.3. The molecule has 2 aliphatic heterocycles. The van der Waals surface area contributed by atoms with Crippen molar-refractivity contribution in [1.82, 2.24) is 9.97 Å². The number of hydrogen-bond acceptors (Lipinski definition) is 8. The summed E-state index contributed by atoms with van der Waals surface area (Å²) in [5, 5.41) is 2.76. The number of hydrogen-bond donors (Lipinski definition) is 1. The SMILES string of the molecule is CN(c1ccnc(Nc2cc(N3CCCOCC3)cc(N3CCOCC3)c2)n1)c1ccc(F)c(Cl)c1F. The van der Waals surface area contributed by atoms with Gasteiger partial charge in [0.15, 0.2) is 5.82 Å². The fraction of sp³-hybridized carbons (Fsp3) is 0.385. The molecule has 5 rings (SSSR count). The molecule has 0 atom stereocenters. The van der Waals surface area contributed by atoms with E-state index in [2.05, 4.69) is 43.3 Å². The van der Waals surface area contributed by atoms with Gasteiger partial charge in [-0.2, -0.15) is 4.98 Å². The lowest BCUT2D eigenvalue weighted by molar-refractivity contribution is 0.122. The Hall–Kier alpha value is -3.21. The molecule has 0 radical (unpaired) electrons. The molecule has 2 saturated heterocycles. The van der Waals surface area contributed by atoms with Crippen LogP contribution in [0, 0.1) is 11.6 Å². The van der Waals surface area contributed by atoms with Crippen molar-refractivity contribution in [2.45, 2.75) is 6.42 Å². The summed E-state index contributed by atoms with van der Waals surface area (Å²) in [6, 6.07) is 10.5.